The lowest BCUT2D eigenvalue weighted by molar-refractivity contribution is 0.441. The van der Waals surface area contributed by atoms with E-state index in [1.807, 2.05) is 0 Å². The van der Waals surface area contributed by atoms with Crippen molar-refractivity contribution in [1.82, 2.24) is 15.3 Å². The van der Waals surface area contributed by atoms with Crippen LogP contribution in [0, 0.1) is 0 Å². The highest BCUT2D eigenvalue weighted by atomic mass is 79.9. The van der Waals surface area contributed by atoms with E-state index >= 15 is 0 Å². The molecule has 0 saturated carbocycles. The second-order valence-corrected chi connectivity index (χ2v) is 4.73. The summed E-state index contributed by atoms with van der Waals surface area (Å²) >= 11 is 3.33. The molecule has 4 nitrogen and oxygen atoms in total. The Balaban J connectivity index is 0.00000128. The Morgan fingerprint density at radius 1 is 1.35 bits per heavy atom. The lowest BCUT2D eigenvalue weighted by Gasteiger charge is -2.31. The molecule has 1 aliphatic rings. The summed E-state index contributed by atoms with van der Waals surface area (Å²) in [5.74, 6) is 0.798. The lowest BCUT2D eigenvalue weighted by Crippen LogP contribution is -2.44. The number of halogens is 3. The van der Waals surface area contributed by atoms with Crippen LogP contribution in [0.4, 0.5) is 5.95 Å². The molecular formula is C10H17BrCl2N4. The predicted octanol–water partition coefficient (Wildman–Crippen LogP) is 2.27. The van der Waals surface area contributed by atoms with Crippen molar-refractivity contribution in [2.45, 2.75) is 18.9 Å². The molecule has 2 heterocycles. The summed E-state index contributed by atoms with van der Waals surface area (Å²) in [6, 6.07) is 0.514. The minimum absolute atomic E-state index is 0. The Labute approximate surface area is 123 Å². The minimum atomic E-state index is 0. The van der Waals surface area contributed by atoms with Crippen molar-refractivity contribution in [1.29, 1.82) is 0 Å². The molecule has 1 aliphatic heterocycles. The lowest BCUT2D eigenvalue weighted by atomic mass is 10.1. The second-order valence-electron chi connectivity index (χ2n) is 3.81. The SMILES string of the molecule is CN(c1ncc(Br)cn1)C1CCCNC1.Cl.Cl. The highest BCUT2D eigenvalue weighted by Gasteiger charge is 2.19. The number of rotatable bonds is 2. The first-order valence-corrected chi connectivity index (χ1v) is 5.98. The molecule has 0 radical (unpaired) electrons. The Morgan fingerprint density at radius 3 is 2.53 bits per heavy atom. The molecule has 2 rings (SSSR count). The van der Waals surface area contributed by atoms with Crippen molar-refractivity contribution in [2.24, 2.45) is 0 Å². The number of aromatic nitrogens is 2. The molecule has 1 unspecified atom stereocenters. The van der Waals surface area contributed by atoms with Crippen LogP contribution in [0.2, 0.25) is 0 Å². The average Bonchev–Trinajstić information content (AvgIpc) is 2.30. The Morgan fingerprint density at radius 2 is 2.00 bits per heavy atom. The van der Waals surface area contributed by atoms with Gasteiger partial charge in [0.25, 0.3) is 0 Å². The molecule has 0 bridgehead atoms. The van der Waals surface area contributed by atoms with Gasteiger partial charge < -0.3 is 10.2 Å². The van der Waals surface area contributed by atoms with Gasteiger partial charge in [0.1, 0.15) is 0 Å². The highest BCUT2D eigenvalue weighted by Crippen LogP contribution is 2.15. The molecule has 7 heteroatoms. The number of hydrogen-bond acceptors (Lipinski definition) is 4. The quantitative estimate of drug-likeness (QED) is 0.894. The third-order valence-corrected chi connectivity index (χ3v) is 3.15. The summed E-state index contributed by atoms with van der Waals surface area (Å²) in [5.41, 5.74) is 0. The van der Waals surface area contributed by atoms with E-state index < -0.39 is 0 Å². The van der Waals surface area contributed by atoms with E-state index in [1.165, 1.54) is 12.8 Å². The molecule has 17 heavy (non-hydrogen) atoms. The third kappa shape index (κ3) is 4.58. The zero-order valence-electron chi connectivity index (χ0n) is 9.60. The Hall–Kier alpha value is -0.100. The van der Waals surface area contributed by atoms with Crippen LogP contribution in [0.25, 0.3) is 0 Å². The summed E-state index contributed by atoms with van der Waals surface area (Å²) in [7, 11) is 2.06. The summed E-state index contributed by atoms with van der Waals surface area (Å²) in [5, 5.41) is 3.39. The van der Waals surface area contributed by atoms with Crippen LogP contribution in [0.1, 0.15) is 12.8 Å². The van der Waals surface area contributed by atoms with Crippen molar-refractivity contribution in [2.75, 3.05) is 25.0 Å². The molecule has 0 spiro atoms. The molecule has 98 valence electrons. The summed E-state index contributed by atoms with van der Waals surface area (Å²) < 4.78 is 0.918. The number of hydrogen-bond donors (Lipinski definition) is 1. The maximum Gasteiger partial charge on any atom is 0.225 e. The van der Waals surface area contributed by atoms with Gasteiger partial charge >= 0.3 is 0 Å². The van der Waals surface area contributed by atoms with Crippen molar-refractivity contribution in [3.05, 3.63) is 16.9 Å². The zero-order chi connectivity index (χ0) is 10.7. The van der Waals surface area contributed by atoms with E-state index in [1.54, 1.807) is 12.4 Å². The first kappa shape index (κ1) is 16.9. The molecule has 0 aliphatic carbocycles. The van der Waals surface area contributed by atoms with Gasteiger partial charge in [0.2, 0.25) is 5.95 Å². The topological polar surface area (TPSA) is 41.1 Å². The van der Waals surface area contributed by atoms with E-state index in [4.69, 9.17) is 0 Å². The van der Waals surface area contributed by atoms with Gasteiger partial charge in [-0.15, -0.1) is 24.8 Å². The number of piperidine rings is 1. The van der Waals surface area contributed by atoms with Gasteiger partial charge in [-0.1, -0.05) is 0 Å². The average molecular weight is 344 g/mol. The highest BCUT2D eigenvalue weighted by molar-refractivity contribution is 9.10. The summed E-state index contributed by atoms with van der Waals surface area (Å²) in [4.78, 5) is 10.7. The second kappa shape index (κ2) is 8.08. The zero-order valence-corrected chi connectivity index (χ0v) is 12.8. The van der Waals surface area contributed by atoms with Gasteiger partial charge in [-0.25, -0.2) is 9.97 Å². The standard InChI is InChI=1S/C10H15BrN4.2ClH/c1-15(9-3-2-4-12-7-9)10-13-5-8(11)6-14-10;;/h5-6,9,12H,2-4,7H2,1H3;2*1H. The van der Waals surface area contributed by atoms with E-state index in [2.05, 4.69) is 43.2 Å². The van der Waals surface area contributed by atoms with Crippen molar-refractivity contribution >= 4 is 46.7 Å². The molecule has 0 amide bonds. The Kier molecular flexibility index (Phi) is 8.03. The van der Waals surface area contributed by atoms with Crippen molar-refractivity contribution < 1.29 is 0 Å². The maximum atomic E-state index is 4.29. The number of nitrogens with zero attached hydrogens (tertiary/aromatic N) is 3. The van der Waals surface area contributed by atoms with Crippen LogP contribution >= 0.6 is 40.7 Å². The van der Waals surface area contributed by atoms with Crippen LogP contribution in [0.15, 0.2) is 16.9 Å². The first-order chi connectivity index (χ1) is 7.27. The number of likely N-dealkylation sites (N-methyl/N-ethyl adjacent to an activating group) is 1. The Bertz CT molecular complexity index is 317. The van der Waals surface area contributed by atoms with Crippen molar-refractivity contribution in [3.8, 4) is 0 Å². The minimum Gasteiger partial charge on any atom is -0.340 e. The molecular weight excluding hydrogens is 327 g/mol. The normalized spacial score (nSPS) is 18.8. The summed E-state index contributed by atoms with van der Waals surface area (Å²) in [6.07, 6.45) is 6.01. The molecule has 0 aromatic carbocycles. The van der Waals surface area contributed by atoms with E-state index in [9.17, 15) is 0 Å². The van der Waals surface area contributed by atoms with E-state index in [-0.39, 0.29) is 24.8 Å². The molecule has 1 saturated heterocycles. The molecule has 1 atom stereocenters. The van der Waals surface area contributed by atoms with Gasteiger partial charge in [-0.05, 0) is 35.3 Å². The van der Waals surface area contributed by atoms with Crippen LogP contribution in [-0.4, -0.2) is 36.1 Å². The van der Waals surface area contributed by atoms with Crippen LogP contribution in [0.3, 0.4) is 0 Å². The fourth-order valence-corrected chi connectivity index (χ4v) is 2.02. The van der Waals surface area contributed by atoms with Crippen LogP contribution in [0.5, 0.6) is 0 Å². The molecule has 1 aromatic rings. The first-order valence-electron chi connectivity index (χ1n) is 5.18. The van der Waals surface area contributed by atoms with Crippen LogP contribution in [-0.2, 0) is 0 Å². The molecule has 1 fully saturated rings. The number of anilines is 1. The smallest absolute Gasteiger partial charge is 0.225 e. The van der Waals surface area contributed by atoms with Crippen molar-refractivity contribution in [3.63, 3.8) is 0 Å². The number of nitrogens with one attached hydrogen (secondary N) is 1. The van der Waals surface area contributed by atoms with E-state index in [0.717, 1.165) is 23.5 Å². The fraction of sp³-hybridized carbons (Fsp3) is 0.600. The molecule has 1 N–H and O–H groups in total. The van der Waals surface area contributed by atoms with Gasteiger partial charge in [0.05, 0.1) is 4.47 Å². The largest absolute Gasteiger partial charge is 0.340 e. The van der Waals surface area contributed by atoms with Crippen LogP contribution < -0.4 is 10.2 Å². The fourth-order valence-electron chi connectivity index (χ4n) is 1.81. The summed E-state index contributed by atoms with van der Waals surface area (Å²) in [6.45, 7) is 2.15. The van der Waals surface area contributed by atoms with E-state index in [0.29, 0.717) is 6.04 Å². The monoisotopic (exact) mass is 342 g/mol. The third-order valence-electron chi connectivity index (χ3n) is 2.74. The van der Waals surface area contributed by atoms with Gasteiger partial charge in [0, 0.05) is 32.0 Å². The predicted molar refractivity (Wildman–Crippen MR) is 78.5 cm³/mol. The molecule has 1 aromatic heterocycles. The van der Waals surface area contributed by atoms with Gasteiger partial charge in [-0.2, -0.15) is 0 Å². The van der Waals surface area contributed by atoms with Gasteiger partial charge in [0.15, 0.2) is 0 Å². The maximum absolute atomic E-state index is 4.29. The van der Waals surface area contributed by atoms with Gasteiger partial charge in [-0.3, -0.25) is 0 Å².